The second-order valence-electron chi connectivity index (χ2n) is 4.60. The van der Waals surface area contributed by atoms with Crippen LogP contribution in [0.1, 0.15) is 30.5 Å². The van der Waals surface area contributed by atoms with Crippen LogP contribution in [0, 0.1) is 11.3 Å². The molecule has 5 nitrogen and oxygen atoms in total. The molecular weight excluding hydrogens is 268 g/mol. The van der Waals surface area contributed by atoms with Crippen LogP contribution in [0.5, 0.6) is 5.75 Å². The number of anilines is 1. The summed E-state index contributed by atoms with van der Waals surface area (Å²) in [6, 6.07) is 7.54. The van der Waals surface area contributed by atoms with E-state index in [4.69, 9.17) is 10.00 Å². The molecule has 0 aliphatic rings. The Hall–Kier alpha value is -2.61. The molecule has 0 bridgehead atoms. The highest BCUT2D eigenvalue weighted by atomic mass is 16.5. The molecular formula is C16H16N2O3. The second kappa shape index (κ2) is 6.23. The van der Waals surface area contributed by atoms with Gasteiger partial charge in [-0.25, -0.2) is 0 Å². The molecule has 0 spiro atoms. The van der Waals surface area contributed by atoms with E-state index in [9.17, 15) is 9.59 Å². The summed E-state index contributed by atoms with van der Waals surface area (Å²) >= 11 is 0. The van der Waals surface area contributed by atoms with E-state index in [1.807, 2.05) is 19.1 Å². The van der Waals surface area contributed by atoms with Crippen LogP contribution in [0.4, 0.5) is 5.69 Å². The van der Waals surface area contributed by atoms with E-state index in [0.29, 0.717) is 18.7 Å². The van der Waals surface area contributed by atoms with Crippen LogP contribution in [0.25, 0.3) is 0 Å². The first-order valence-electron chi connectivity index (χ1n) is 6.84. The standard InChI is InChI=1S/C16H16N2O3/c1-3-11-7-10(8-17)5-6-12(11)9-18-13-14(19)15(20)16(13)21-4-2/h5-7,18H,3-4,9H2,1-2H3. The Bertz CT molecular complexity index is 765. The van der Waals surface area contributed by atoms with Crippen molar-refractivity contribution in [3.8, 4) is 11.8 Å². The molecule has 108 valence electrons. The zero-order valence-corrected chi connectivity index (χ0v) is 12.0. The fourth-order valence-electron chi connectivity index (χ4n) is 2.19. The molecule has 0 aliphatic carbocycles. The van der Waals surface area contributed by atoms with Crippen molar-refractivity contribution in [1.82, 2.24) is 0 Å². The summed E-state index contributed by atoms with van der Waals surface area (Å²) in [4.78, 5) is 22.9. The van der Waals surface area contributed by atoms with Crippen LogP contribution in [0.3, 0.4) is 0 Å². The summed E-state index contributed by atoms with van der Waals surface area (Å²) in [6.45, 7) is 4.52. The average Bonchev–Trinajstić information content (AvgIpc) is 2.53. The van der Waals surface area contributed by atoms with Crippen LogP contribution in [-0.4, -0.2) is 6.61 Å². The number of hydrogen-bond acceptors (Lipinski definition) is 5. The summed E-state index contributed by atoms with van der Waals surface area (Å²) in [5.41, 5.74) is 1.78. The fraction of sp³-hybridized carbons (Fsp3) is 0.312. The van der Waals surface area contributed by atoms with Gasteiger partial charge < -0.3 is 10.1 Å². The number of aryl methyl sites for hydroxylation is 1. The lowest BCUT2D eigenvalue weighted by Gasteiger charge is -2.14. The maximum absolute atomic E-state index is 11.5. The van der Waals surface area contributed by atoms with Crippen molar-refractivity contribution in [2.45, 2.75) is 26.8 Å². The van der Waals surface area contributed by atoms with E-state index in [1.165, 1.54) is 0 Å². The quantitative estimate of drug-likeness (QED) is 0.817. The Kier molecular flexibility index (Phi) is 4.39. The number of benzene rings is 1. The Morgan fingerprint density at radius 1 is 1.19 bits per heavy atom. The van der Waals surface area contributed by atoms with Gasteiger partial charge in [-0.15, -0.1) is 0 Å². The molecule has 2 aromatic rings. The highest BCUT2D eigenvalue weighted by Gasteiger charge is 2.22. The zero-order valence-electron chi connectivity index (χ0n) is 12.0. The zero-order chi connectivity index (χ0) is 15.4. The Labute approximate surface area is 122 Å². The van der Waals surface area contributed by atoms with Crippen molar-refractivity contribution in [3.05, 3.63) is 55.3 Å². The lowest BCUT2D eigenvalue weighted by molar-refractivity contribution is 0.334. The largest absolute Gasteiger partial charge is 0.488 e. The van der Waals surface area contributed by atoms with Crippen molar-refractivity contribution >= 4 is 5.69 Å². The van der Waals surface area contributed by atoms with E-state index in [0.717, 1.165) is 17.5 Å². The molecule has 2 aromatic carbocycles. The van der Waals surface area contributed by atoms with Crippen molar-refractivity contribution in [2.24, 2.45) is 0 Å². The molecule has 0 saturated carbocycles. The highest BCUT2D eigenvalue weighted by molar-refractivity contribution is 5.62. The summed E-state index contributed by atoms with van der Waals surface area (Å²) < 4.78 is 5.16. The monoisotopic (exact) mass is 284 g/mol. The smallest absolute Gasteiger partial charge is 0.272 e. The number of ether oxygens (including phenoxy) is 1. The molecule has 0 amide bonds. The Morgan fingerprint density at radius 2 is 1.95 bits per heavy atom. The average molecular weight is 284 g/mol. The van der Waals surface area contributed by atoms with Gasteiger partial charge in [0.15, 0.2) is 5.75 Å². The third-order valence-electron chi connectivity index (χ3n) is 3.33. The third kappa shape index (κ3) is 2.79. The molecule has 0 aliphatic heterocycles. The SMILES string of the molecule is CCOc1c(NCc2ccc(C#N)cc2CC)c(=O)c1=O. The van der Waals surface area contributed by atoms with Gasteiger partial charge in [-0.2, -0.15) is 5.26 Å². The summed E-state index contributed by atoms with van der Waals surface area (Å²) in [5.74, 6) is 0.120. The van der Waals surface area contributed by atoms with Crippen LogP contribution < -0.4 is 20.9 Å². The minimum Gasteiger partial charge on any atom is -0.488 e. The van der Waals surface area contributed by atoms with Gasteiger partial charge in [0.2, 0.25) is 0 Å². The van der Waals surface area contributed by atoms with Gasteiger partial charge in [-0.1, -0.05) is 13.0 Å². The molecule has 0 atom stereocenters. The third-order valence-corrected chi connectivity index (χ3v) is 3.33. The molecule has 0 saturated heterocycles. The van der Waals surface area contributed by atoms with Crippen molar-refractivity contribution < 1.29 is 4.74 Å². The first-order valence-corrected chi connectivity index (χ1v) is 6.84. The second-order valence-corrected chi connectivity index (χ2v) is 4.60. The maximum atomic E-state index is 11.5. The van der Waals surface area contributed by atoms with E-state index >= 15 is 0 Å². The van der Waals surface area contributed by atoms with Gasteiger partial charge in [0.1, 0.15) is 5.69 Å². The summed E-state index contributed by atoms with van der Waals surface area (Å²) in [7, 11) is 0. The van der Waals surface area contributed by atoms with Gasteiger partial charge >= 0.3 is 0 Å². The maximum Gasteiger partial charge on any atom is 0.272 e. The molecule has 0 aromatic heterocycles. The number of nitrogens with zero attached hydrogens (tertiary/aromatic N) is 1. The molecule has 0 heterocycles. The number of rotatable bonds is 6. The fourth-order valence-corrected chi connectivity index (χ4v) is 2.19. The predicted octanol–water partition coefficient (Wildman–Crippen LogP) is 1.73. The number of hydrogen-bond donors (Lipinski definition) is 1. The summed E-state index contributed by atoms with van der Waals surface area (Å²) in [5, 5.41) is 11.9. The van der Waals surface area contributed by atoms with Crippen LogP contribution in [0.15, 0.2) is 27.8 Å². The first kappa shape index (κ1) is 14.8. The topological polar surface area (TPSA) is 79.2 Å². The first-order chi connectivity index (χ1) is 10.1. The highest BCUT2D eigenvalue weighted by Crippen LogP contribution is 2.20. The lowest BCUT2D eigenvalue weighted by atomic mass is 10.0. The van der Waals surface area contributed by atoms with Gasteiger partial charge in [0, 0.05) is 6.54 Å². The molecule has 0 fully saturated rings. The molecule has 0 unspecified atom stereocenters. The molecule has 5 heteroatoms. The minimum absolute atomic E-state index is 0.120. The van der Waals surface area contributed by atoms with E-state index < -0.39 is 10.9 Å². The molecule has 0 radical (unpaired) electrons. The molecule has 2 rings (SSSR count). The number of nitrogens with one attached hydrogen (secondary N) is 1. The van der Waals surface area contributed by atoms with Crippen LogP contribution in [0.2, 0.25) is 0 Å². The van der Waals surface area contributed by atoms with Crippen molar-refractivity contribution in [2.75, 3.05) is 11.9 Å². The Morgan fingerprint density at radius 3 is 2.57 bits per heavy atom. The van der Waals surface area contributed by atoms with Crippen molar-refractivity contribution in [1.29, 1.82) is 5.26 Å². The van der Waals surface area contributed by atoms with Gasteiger partial charge in [-0.3, -0.25) is 9.59 Å². The van der Waals surface area contributed by atoms with Gasteiger partial charge in [0.05, 0.1) is 18.2 Å². The summed E-state index contributed by atoms with van der Waals surface area (Å²) in [6.07, 6.45) is 0.788. The predicted molar refractivity (Wildman–Crippen MR) is 80.4 cm³/mol. The molecule has 21 heavy (non-hydrogen) atoms. The lowest BCUT2D eigenvalue weighted by Crippen LogP contribution is -2.35. The van der Waals surface area contributed by atoms with Crippen LogP contribution >= 0.6 is 0 Å². The van der Waals surface area contributed by atoms with Gasteiger partial charge in [-0.05, 0) is 36.6 Å². The van der Waals surface area contributed by atoms with E-state index in [1.54, 1.807) is 13.0 Å². The molecule has 1 N–H and O–H groups in total. The van der Waals surface area contributed by atoms with Crippen LogP contribution in [-0.2, 0) is 13.0 Å². The van der Waals surface area contributed by atoms with Crippen molar-refractivity contribution in [3.63, 3.8) is 0 Å². The van der Waals surface area contributed by atoms with E-state index in [2.05, 4.69) is 11.4 Å². The Balaban J connectivity index is 2.18. The number of nitriles is 1. The normalized spacial score (nSPS) is 10.3. The van der Waals surface area contributed by atoms with Gasteiger partial charge in [0.25, 0.3) is 10.9 Å². The van der Waals surface area contributed by atoms with E-state index in [-0.39, 0.29) is 11.4 Å². The minimum atomic E-state index is -0.574.